The lowest BCUT2D eigenvalue weighted by Gasteiger charge is -2.04. The monoisotopic (exact) mass is 189 g/mol. The Morgan fingerprint density at radius 3 is 2.64 bits per heavy atom. The Bertz CT molecular complexity index is 460. The van der Waals surface area contributed by atoms with E-state index in [2.05, 4.69) is 15.5 Å². The predicted octanol–water partition coefficient (Wildman–Crippen LogP) is 0.861. The van der Waals surface area contributed by atoms with Gasteiger partial charge in [0.25, 0.3) is 0 Å². The molecule has 0 aliphatic heterocycles. The van der Waals surface area contributed by atoms with Crippen molar-refractivity contribution in [3.05, 3.63) is 29.6 Å². The van der Waals surface area contributed by atoms with Gasteiger partial charge >= 0.3 is 0 Å². The lowest BCUT2D eigenvalue weighted by molar-refractivity contribution is 0.779. The second-order valence-corrected chi connectivity index (χ2v) is 3.18. The second-order valence-electron chi connectivity index (χ2n) is 3.18. The molecule has 0 aliphatic rings. The third-order valence-corrected chi connectivity index (χ3v) is 2.13. The van der Waals surface area contributed by atoms with E-state index in [1.807, 2.05) is 32.0 Å². The number of anilines is 1. The zero-order chi connectivity index (χ0) is 10.1. The Morgan fingerprint density at radius 2 is 2.07 bits per heavy atom. The van der Waals surface area contributed by atoms with Crippen LogP contribution in [-0.4, -0.2) is 20.2 Å². The molecule has 2 aromatic rings. The number of nitrogen functional groups attached to an aromatic ring is 1. The van der Waals surface area contributed by atoms with Crippen LogP contribution in [0.25, 0.3) is 5.69 Å². The highest BCUT2D eigenvalue weighted by Gasteiger charge is 2.04. The molecule has 0 bridgehead atoms. The number of aromatic nitrogens is 4. The molecule has 72 valence electrons. The summed E-state index contributed by atoms with van der Waals surface area (Å²) in [7, 11) is 0. The van der Waals surface area contributed by atoms with Gasteiger partial charge in [-0.3, -0.25) is 0 Å². The van der Waals surface area contributed by atoms with E-state index in [4.69, 9.17) is 5.73 Å². The Morgan fingerprint density at radius 1 is 1.29 bits per heavy atom. The van der Waals surface area contributed by atoms with Crippen LogP contribution < -0.4 is 5.73 Å². The number of hydrogen-bond acceptors (Lipinski definition) is 4. The van der Waals surface area contributed by atoms with Gasteiger partial charge in [0.1, 0.15) is 0 Å². The SMILES string of the molecule is Cc1ccc(-n2nnnc2C)cc1N. The van der Waals surface area contributed by atoms with Crippen LogP contribution in [0.5, 0.6) is 0 Å². The standard InChI is InChI=1S/C9H11N5/c1-6-3-4-8(5-9(6)10)14-7(2)11-12-13-14/h3-5H,10H2,1-2H3. The molecule has 0 atom stereocenters. The van der Waals surface area contributed by atoms with Gasteiger partial charge in [-0.15, -0.1) is 5.10 Å². The van der Waals surface area contributed by atoms with E-state index >= 15 is 0 Å². The van der Waals surface area contributed by atoms with Crippen LogP contribution in [0.15, 0.2) is 18.2 Å². The predicted molar refractivity (Wildman–Crippen MR) is 53.0 cm³/mol. The first-order valence-electron chi connectivity index (χ1n) is 4.30. The number of tetrazole rings is 1. The molecule has 5 nitrogen and oxygen atoms in total. The van der Waals surface area contributed by atoms with Crippen LogP contribution in [0.4, 0.5) is 5.69 Å². The summed E-state index contributed by atoms with van der Waals surface area (Å²) in [5, 5.41) is 11.2. The van der Waals surface area contributed by atoms with Gasteiger partial charge in [-0.2, -0.15) is 4.68 Å². The van der Waals surface area contributed by atoms with Gasteiger partial charge in [0, 0.05) is 5.69 Å². The van der Waals surface area contributed by atoms with Crippen molar-refractivity contribution in [2.45, 2.75) is 13.8 Å². The van der Waals surface area contributed by atoms with Crippen molar-refractivity contribution in [3.63, 3.8) is 0 Å². The smallest absolute Gasteiger partial charge is 0.153 e. The van der Waals surface area contributed by atoms with Gasteiger partial charge in [0.15, 0.2) is 5.82 Å². The highest BCUT2D eigenvalue weighted by molar-refractivity contribution is 5.53. The summed E-state index contributed by atoms with van der Waals surface area (Å²) in [6.45, 7) is 3.81. The van der Waals surface area contributed by atoms with Gasteiger partial charge in [-0.1, -0.05) is 6.07 Å². The first kappa shape index (κ1) is 8.68. The molecule has 1 aromatic carbocycles. The molecule has 0 saturated heterocycles. The molecule has 0 radical (unpaired) electrons. The molecule has 0 unspecified atom stereocenters. The van der Waals surface area contributed by atoms with Gasteiger partial charge in [-0.25, -0.2) is 0 Å². The van der Waals surface area contributed by atoms with Crippen LogP contribution in [0.2, 0.25) is 0 Å². The van der Waals surface area contributed by atoms with Crippen molar-refractivity contribution in [2.24, 2.45) is 0 Å². The fraction of sp³-hybridized carbons (Fsp3) is 0.222. The largest absolute Gasteiger partial charge is 0.398 e. The van der Waals surface area contributed by atoms with Crippen LogP contribution >= 0.6 is 0 Å². The lowest BCUT2D eigenvalue weighted by Crippen LogP contribution is -2.01. The van der Waals surface area contributed by atoms with E-state index in [-0.39, 0.29) is 0 Å². The molecule has 1 heterocycles. The molecule has 14 heavy (non-hydrogen) atoms. The minimum absolute atomic E-state index is 0.744. The fourth-order valence-electron chi connectivity index (χ4n) is 1.23. The third-order valence-electron chi connectivity index (χ3n) is 2.13. The van der Waals surface area contributed by atoms with Gasteiger partial charge in [-0.05, 0) is 42.0 Å². The number of nitrogens with zero attached hydrogens (tertiary/aromatic N) is 4. The minimum atomic E-state index is 0.744. The minimum Gasteiger partial charge on any atom is -0.398 e. The number of nitrogens with two attached hydrogens (primary N) is 1. The maximum Gasteiger partial charge on any atom is 0.153 e. The molecule has 0 saturated carbocycles. The molecule has 5 heteroatoms. The average molecular weight is 189 g/mol. The molecule has 0 amide bonds. The van der Waals surface area contributed by atoms with Crippen molar-refractivity contribution in [2.75, 3.05) is 5.73 Å². The number of benzene rings is 1. The average Bonchev–Trinajstić information content (AvgIpc) is 2.57. The normalized spacial score (nSPS) is 10.4. The summed E-state index contributed by atoms with van der Waals surface area (Å²) in [5.74, 6) is 0.744. The van der Waals surface area contributed by atoms with Crippen LogP contribution in [0.1, 0.15) is 11.4 Å². The van der Waals surface area contributed by atoms with Gasteiger partial charge in [0.2, 0.25) is 0 Å². The summed E-state index contributed by atoms with van der Waals surface area (Å²) in [6.07, 6.45) is 0. The molecule has 1 aromatic heterocycles. The summed E-state index contributed by atoms with van der Waals surface area (Å²) in [4.78, 5) is 0. The van der Waals surface area contributed by atoms with Crippen molar-refractivity contribution >= 4 is 5.69 Å². The van der Waals surface area contributed by atoms with Crippen molar-refractivity contribution in [1.82, 2.24) is 20.2 Å². The summed E-state index contributed by atoms with van der Waals surface area (Å²) < 4.78 is 1.65. The van der Waals surface area contributed by atoms with Crippen molar-refractivity contribution < 1.29 is 0 Å². The first-order chi connectivity index (χ1) is 6.68. The molecular formula is C9H11N5. The molecule has 0 aliphatic carbocycles. The zero-order valence-corrected chi connectivity index (χ0v) is 8.10. The van der Waals surface area contributed by atoms with Crippen molar-refractivity contribution in [1.29, 1.82) is 0 Å². The Kier molecular flexibility index (Phi) is 1.92. The number of aryl methyl sites for hydroxylation is 2. The number of rotatable bonds is 1. The molecule has 2 N–H and O–H groups in total. The lowest BCUT2D eigenvalue weighted by atomic mass is 10.2. The highest BCUT2D eigenvalue weighted by Crippen LogP contribution is 2.15. The Balaban J connectivity index is 2.53. The van der Waals surface area contributed by atoms with Gasteiger partial charge < -0.3 is 5.73 Å². The first-order valence-corrected chi connectivity index (χ1v) is 4.30. The molecular weight excluding hydrogens is 178 g/mol. The fourth-order valence-corrected chi connectivity index (χ4v) is 1.23. The summed E-state index contributed by atoms with van der Waals surface area (Å²) in [5.41, 5.74) is 8.48. The van der Waals surface area contributed by atoms with Crippen LogP contribution in [-0.2, 0) is 0 Å². The molecule has 2 rings (SSSR count). The second kappa shape index (κ2) is 3.10. The van der Waals surface area contributed by atoms with E-state index in [0.717, 1.165) is 22.8 Å². The summed E-state index contributed by atoms with van der Waals surface area (Å²) >= 11 is 0. The van der Waals surface area contributed by atoms with E-state index in [1.54, 1.807) is 4.68 Å². The van der Waals surface area contributed by atoms with Crippen LogP contribution in [0, 0.1) is 13.8 Å². The zero-order valence-electron chi connectivity index (χ0n) is 8.10. The molecule has 0 fully saturated rings. The third kappa shape index (κ3) is 1.32. The van der Waals surface area contributed by atoms with Crippen molar-refractivity contribution in [3.8, 4) is 5.69 Å². The van der Waals surface area contributed by atoms with Crippen LogP contribution in [0.3, 0.4) is 0 Å². The Labute approximate surface area is 81.5 Å². The maximum absolute atomic E-state index is 5.79. The Hall–Kier alpha value is -1.91. The van der Waals surface area contributed by atoms with E-state index < -0.39 is 0 Å². The highest BCUT2D eigenvalue weighted by atomic mass is 15.5. The van der Waals surface area contributed by atoms with E-state index in [9.17, 15) is 0 Å². The van der Waals surface area contributed by atoms with E-state index in [1.165, 1.54) is 0 Å². The van der Waals surface area contributed by atoms with E-state index in [0.29, 0.717) is 0 Å². The number of hydrogen-bond donors (Lipinski definition) is 1. The quantitative estimate of drug-likeness (QED) is 0.675. The molecule has 0 spiro atoms. The topological polar surface area (TPSA) is 69.6 Å². The maximum atomic E-state index is 5.79. The van der Waals surface area contributed by atoms with Gasteiger partial charge in [0.05, 0.1) is 5.69 Å². The summed E-state index contributed by atoms with van der Waals surface area (Å²) in [6, 6.07) is 5.75.